The highest BCUT2D eigenvalue weighted by molar-refractivity contribution is 6.06. The first-order valence-electron chi connectivity index (χ1n) is 12.5. The van der Waals surface area contributed by atoms with E-state index in [9.17, 15) is 19.8 Å². The van der Waals surface area contributed by atoms with Crippen molar-refractivity contribution >= 4 is 11.6 Å². The Morgan fingerprint density at radius 3 is 2.27 bits per heavy atom. The molecule has 0 radical (unpaired) electrons. The van der Waals surface area contributed by atoms with Gasteiger partial charge in [0.15, 0.2) is 11.5 Å². The third-order valence-corrected chi connectivity index (χ3v) is 11.1. The number of allylic oxidation sites excluding steroid dienone is 7. The molecular formula is C29H38O4. The summed E-state index contributed by atoms with van der Waals surface area (Å²) < 4.78 is 0. The van der Waals surface area contributed by atoms with E-state index in [1.54, 1.807) is 6.08 Å². The summed E-state index contributed by atoms with van der Waals surface area (Å²) in [5, 5.41) is 21.5. The second-order valence-electron chi connectivity index (χ2n) is 13.1. The Balaban J connectivity index is 1.67. The molecule has 4 nitrogen and oxygen atoms in total. The molecule has 5 aliphatic carbocycles. The number of Topliss-reactive ketones (excluding diaryl/α,β-unsaturated/α-hetero) is 1. The van der Waals surface area contributed by atoms with Crippen LogP contribution in [0.25, 0.3) is 0 Å². The zero-order valence-corrected chi connectivity index (χ0v) is 21.1. The van der Waals surface area contributed by atoms with Gasteiger partial charge in [-0.25, -0.2) is 0 Å². The molecule has 0 aromatic heterocycles. The van der Waals surface area contributed by atoms with E-state index in [4.69, 9.17) is 0 Å². The molecule has 0 spiro atoms. The molecule has 33 heavy (non-hydrogen) atoms. The topological polar surface area (TPSA) is 74.6 Å². The van der Waals surface area contributed by atoms with Crippen LogP contribution in [0.3, 0.4) is 0 Å². The maximum Gasteiger partial charge on any atom is 0.220 e. The summed E-state index contributed by atoms with van der Waals surface area (Å²) in [5.41, 5.74) is 2.68. The number of hydrogen-bond donors (Lipinski definition) is 2. The van der Waals surface area contributed by atoms with Gasteiger partial charge in [-0.2, -0.15) is 0 Å². The zero-order valence-electron chi connectivity index (χ0n) is 21.1. The Kier molecular flexibility index (Phi) is 4.42. The first-order valence-corrected chi connectivity index (χ1v) is 12.5. The van der Waals surface area contributed by atoms with Crippen molar-refractivity contribution in [3.63, 3.8) is 0 Å². The van der Waals surface area contributed by atoms with Crippen molar-refractivity contribution in [1.29, 1.82) is 0 Å². The fourth-order valence-corrected chi connectivity index (χ4v) is 8.58. The SMILES string of the molecule is CC1=C(O)C(=O)C=C2C1=CC=C1[C@@]2(C)CC[C@@]2(C)[C@H]3CC(C)(C)C(=O)[C@@H](O)[C@]3(C)CC[C@]12C. The van der Waals surface area contributed by atoms with Gasteiger partial charge in [-0.1, -0.05) is 59.3 Å². The van der Waals surface area contributed by atoms with E-state index < -0.39 is 16.9 Å². The molecule has 0 amide bonds. The molecule has 0 heterocycles. The standard InChI is InChI=1S/C29H38O4/c1-16-17-8-9-20-26(4,18(17)14-19(30)22(16)31)10-12-29(7)21-15-25(2,3)23(32)24(33)27(21,5)11-13-28(20,29)6/h8-9,14,21,24,31,33H,10-13,15H2,1-7H3/t21-,24+,26-,27+,28+,29-/m0/s1. The highest BCUT2D eigenvalue weighted by Crippen LogP contribution is 2.75. The van der Waals surface area contributed by atoms with Gasteiger partial charge in [0.1, 0.15) is 6.10 Å². The Morgan fingerprint density at radius 2 is 1.61 bits per heavy atom. The molecule has 5 aliphatic rings. The third kappa shape index (κ3) is 2.51. The fraction of sp³-hybridized carbons (Fsp3) is 0.655. The number of aliphatic hydroxyl groups excluding tert-OH is 2. The molecular weight excluding hydrogens is 412 g/mol. The first kappa shape index (κ1) is 22.8. The summed E-state index contributed by atoms with van der Waals surface area (Å²) in [7, 11) is 0. The van der Waals surface area contributed by atoms with Gasteiger partial charge in [-0.15, -0.1) is 0 Å². The van der Waals surface area contributed by atoms with Crippen LogP contribution in [0, 0.1) is 33.0 Å². The molecule has 3 fully saturated rings. The lowest BCUT2D eigenvalue weighted by molar-refractivity contribution is -0.201. The number of carbonyl (C=O) groups excluding carboxylic acids is 2. The summed E-state index contributed by atoms with van der Waals surface area (Å²) in [6.45, 7) is 15.0. The van der Waals surface area contributed by atoms with Crippen molar-refractivity contribution in [2.75, 3.05) is 0 Å². The van der Waals surface area contributed by atoms with Crippen LogP contribution >= 0.6 is 0 Å². The van der Waals surface area contributed by atoms with E-state index in [1.165, 1.54) is 5.57 Å². The van der Waals surface area contributed by atoms with E-state index in [2.05, 4.69) is 39.8 Å². The molecule has 4 heteroatoms. The number of aliphatic hydroxyl groups is 2. The van der Waals surface area contributed by atoms with Crippen molar-refractivity contribution in [3.8, 4) is 0 Å². The Labute approximate surface area is 197 Å². The molecule has 0 unspecified atom stereocenters. The predicted molar refractivity (Wildman–Crippen MR) is 128 cm³/mol. The number of rotatable bonds is 0. The van der Waals surface area contributed by atoms with Crippen LogP contribution in [0.4, 0.5) is 0 Å². The van der Waals surface area contributed by atoms with E-state index in [1.807, 2.05) is 20.8 Å². The molecule has 3 saturated carbocycles. The third-order valence-electron chi connectivity index (χ3n) is 11.1. The van der Waals surface area contributed by atoms with Crippen molar-refractivity contribution in [1.82, 2.24) is 0 Å². The predicted octanol–water partition coefficient (Wildman–Crippen LogP) is 5.78. The molecule has 6 atom stereocenters. The lowest BCUT2D eigenvalue weighted by atomic mass is 9.34. The van der Waals surface area contributed by atoms with E-state index in [0.717, 1.165) is 43.3 Å². The highest BCUT2D eigenvalue weighted by atomic mass is 16.3. The normalized spacial score (nSPS) is 46.4. The zero-order chi connectivity index (χ0) is 24.4. The van der Waals surface area contributed by atoms with Crippen molar-refractivity contribution < 1.29 is 19.8 Å². The smallest absolute Gasteiger partial charge is 0.220 e. The molecule has 0 saturated heterocycles. The Morgan fingerprint density at radius 1 is 0.939 bits per heavy atom. The van der Waals surface area contributed by atoms with E-state index in [-0.39, 0.29) is 39.5 Å². The van der Waals surface area contributed by atoms with Gasteiger partial charge >= 0.3 is 0 Å². The minimum atomic E-state index is -0.915. The molecule has 0 aromatic carbocycles. The summed E-state index contributed by atoms with van der Waals surface area (Å²) >= 11 is 0. The van der Waals surface area contributed by atoms with Crippen LogP contribution in [0.5, 0.6) is 0 Å². The Hall–Kier alpha value is -1.94. The second-order valence-corrected chi connectivity index (χ2v) is 13.1. The minimum absolute atomic E-state index is 0.00787. The second kappa shape index (κ2) is 6.38. The molecule has 5 rings (SSSR count). The van der Waals surface area contributed by atoms with Crippen molar-refractivity contribution in [2.24, 2.45) is 33.0 Å². The van der Waals surface area contributed by atoms with Gasteiger partial charge in [0, 0.05) is 21.8 Å². The average molecular weight is 451 g/mol. The number of fused-ring (bicyclic) bond motifs is 7. The summed E-state index contributed by atoms with van der Waals surface area (Å²) in [6.07, 6.45) is 9.50. The van der Waals surface area contributed by atoms with Crippen LogP contribution < -0.4 is 0 Å². The molecule has 178 valence electrons. The van der Waals surface area contributed by atoms with E-state index in [0.29, 0.717) is 5.57 Å². The monoisotopic (exact) mass is 450 g/mol. The van der Waals surface area contributed by atoms with Crippen LogP contribution in [-0.4, -0.2) is 27.9 Å². The van der Waals surface area contributed by atoms with Crippen LogP contribution in [0.15, 0.2) is 46.3 Å². The quantitative estimate of drug-likeness (QED) is 0.490. The molecule has 0 bridgehead atoms. The van der Waals surface area contributed by atoms with Crippen LogP contribution in [-0.2, 0) is 9.59 Å². The summed E-state index contributed by atoms with van der Waals surface area (Å²) in [6, 6.07) is 0. The van der Waals surface area contributed by atoms with Crippen molar-refractivity contribution in [3.05, 3.63) is 46.3 Å². The maximum absolute atomic E-state index is 13.0. The maximum atomic E-state index is 13.0. The molecule has 2 N–H and O–H groups in total. The highest BCUT2D eigenvalue weighted by Gasteiger charge is 2.69. The first-order chi connectivity index (χ1) is 15.1. The van der Waals surface area contributed by atoms with Crippen LogP contribution in [0.2, 0.25) is 0 Å². The van der Waals surface area contributed by atoms with Gasteiger partial charge in [-0.3, -0.25) is 9.59 Å². The number of carbonyl (C=O) groups is 2. The fourth-order valence-electron chi connectivity index (χ4n) is 8.58. The van der Waals surface area contributed by atoms with Crippen LogP contribution in [0.1, 0.15) is 80.6 Å². The van der Waals surface area contributed by atoms with Gasteiger partial charge in [0.2, 0.25) is 5.78 Å². The van der Waals surface area contributed by atoms with Gasteiger partial charge in [0.25, 0.3) is 0 Å². The van der Waals surface area contributed by atoms with Gasteiger partial charge in [0.05, 0.1) is 0 Å². The molecule has 0 aromatic rings. The minimum Gasteiger partial charge on any atom is -0.504 e. The largest absolute Gasteiger partial charge is 0.504 e. The van der Waals surface area contributed by atoms with Gasteiger partial charge in [-0.05, 0) is 73.0 Å². The van der Waals surface area contributed by atoms with Crippen molar-refractivity contribution in [2.45, 2.75) is 86.7 Å². The lowest BCUT2D eigenvalue weighted by Crippen LogP contribution is -2.66. The van der Waals surface area contributed by atoms with Gasteiger partial charge < -0.3 is 10.2 Å². The molecule has 0 aliphatic heterocycles. The lowest BCUT2D eigenvalue weighted by Gasteiger charge is -2.70. The summed E-state index contributed by atoms with van der Waals surface area (Å²) in [5.74, 6) is -0.220. The average Bonchev–Trinajstić information content (AvgIpc) is 2.75. The number of ketones is 2. The summed E-state index contributed by atoms with van der Waals surface area (Å²) in [4.78, 5) is 25.6. The number of hydrogen-bond acceptors (Lipinski definition) is 4. The van der Waals surface area contributed by atoms with E-state index >= 15 is 0 Å². The Bertz CT molecular complexity index is 1120.